The Morgan fingerprint density at radius 3 is 2.39 bits per heavy atom. The van der Waals surface area contributed by atoms with Crippen LogP contribution < -0.4 is 21.9 Å². The molecule has 0 spiro atoms. The van der Waals surface area contributed by atoms with Gasteiger partial charge in [0.05, 0.1) is 12.1 Å². The highest BCUT2D eigenvalue weighted by Crippen LogP contribution is 2.25. The molecule has 2 aromatic carbocycles. The minimum atomic E-state index is -0.946. The van der Waals surface area contributed by atoms with Crippen LogP contribution >= 0.6 is 0 Å². The van der Waals surface area contributed by atoms with Crippen LogP contribution in [0.1, 0.15) is 28.8 Å². The number of H-pyrrole nitrogens is 1. The Kier molecular flexibility index (Phi) is 7.00. The van der Waals surface area contributed by atoms with Gasteiger partial charge in [-0.15, -0.1) is 0 Å². The second kappa shape index (κ2) is 10.1. The van der Waals surface area contributed by atoms with Crippen LogP contribution in [0.25, 0.3) is 0 Å². The van der Waals surface area contributed by atoms with Gasteiger partial charge >= 0.3 is 5.69 Å². The molecule has 1 aromatic heterocycles. The predicted molar refractivity (Wildman–Crippen MR) is 130 cm³/mol. The summed E-state index contributed by atoms with van der Waals surface area (Å²) in [5.41, 5.74) is 5.13. The number of hydrogen-bond donors (Lipinski definition) is 2. The van der Waals surface area contributed by atoms with Gasteiger partial charge in [0, 0.05) is 32.1 Å². The Morgan fingerprint density at radius 2 is 1.75 bits per heavy atom. The number of halogens is 2. The molecule has 0 radical (unpaired) electrons. The summed E-state index contributed by atoms with van der Waals surface area (Å²) in [7, 11) is 1.41. The highest BCUT2D eigenvalue weighted by atomic mass is 19.1. The summed E-state index contributed by atoms with van der Waals surface area (Å²) in [6, 6.07) is 11.8. The van der Waals surface area contributed by atoms with Crippen LogP contribution in [0.3, 0.4) is 0 Å². The lowest BCUT2D eigenvalue weighted by Crippen LogP contribution is -2.46. The number of aromatic amines is 1. The maximum absolute atomic E-state index is 14.0. The normalized spacial score (nSPS) is 14.0. The van der Waals surface area contributed by atoms with E-state index in [0.717, 1.165) is 22.6 Å². The number of nitrogens with one attached hydrogen (secondary N) is 1. The number of nitrogens with zero attached hydrogens (tertiary/aromatic N) is 3. The van der Waals surface area contributed by atoms with Crippen LogP contribution in [0.15, 0.2) is 58.1 Å². The first-order valence-electron chi connectivity index (χ1n) is 11.4. The molecule has 3 aromatic rings. The van der Waals surface area contributed by atoms with E-state index in [-0.39, 0.29) is 49.5 Å². The number of hydrogen-bond acceptors (Lipinski definition) is 5. The lowest BCUT2D eigenvalue weighted by Gasteiger charge is -2.33. The van der Waals surface area contributed by atoms with Crippen molar-refractivity contribution in [3.63, 3.8) is 0 Å². The van der Waals surface area contributed by atoms with Gasteiger partial charge in [-0.05, 0) is 30.5 Å². The summed E-state index contributed by atoms with van der Waals surface area (Å²) in [4.78, 5) is 55.6. The van der Waals surface area contributed by atoms with Crippen LogP contribution in [0.5, 0.6) is 0 Å². The third-order valence-electron chi connectivity index (χ3n) is 6.36. The fourth-order valence-electron chi connectivity index (χ4n) is 4.37. The molecular formula is C25H25F2N5O4. The molecule has 0 unspecified atom stereocenters. The van der Waals surface area contributed by atoms with Gasteiger partial charge in [-0.25, -0.2) is 13.6 Å². The highest BCUT2D eigenvalue weighted by molar-refractivity contribution is 5.97. The topological polar surface area (TPSA) is 121 Å². The Labute approximate surface area is 204 Å². The number of likely N-dealkylation sites (tertiary alicyclic amines) is 1. The second-order valence-corrected chi connectivity index (χ2v) is 8.65. The van der Waals surface area contributed by atoms with E-state index in [1.54, 1.807) is 24.3 Å². The van der Waals surface area contributed by atoms with E-state index in [0.29, 0.717) is 6.07 Å². The van der Waals surface area contributed by atoms with Gasteiger partial charge in [-0.2, -0.15) is 0 Å². The van der Waals surface area contributed by atoms with Crippen molar-refractivity contribution in [2.24, 2.45) is 5.92 Å². The summed E-state index contributed by atoms with van der Waals surface area (Å²) in [6.45, 7) is 0.468. The maximum atomic E-state index is 14.0. The number of anilines is 2. The first kappa shape index (κ1) is 24.8. The fraction of sp³-hybridized carbons (Fsp3) is 0.280. The van der Waals surface area contributed by atoms with Crippen LogP contribution in [0.4, 0.5) is 20.3 Å². The van der Waals surface area contributed by atoms with E-state index in [2.05, 4.69) is 4.98 Å². The fourth-order valence-corrected chi connectivity index (χ4v) is 4.37. The van der Waals surface area contributed by atoms with Crippen molar-refractivity contribution in [3.05, 3.63) is 92.1 Å². The van der Waals surface area contributed by atoms with Gasteiger partial charge in [0.25, 0.3) is 11.5 Å². The Morgan fingerprint density at radius 1 is 1.08 bits per heavy atom. The van der Waals surface area contributed by atoms with E-state index < -0.39 is 40.6 Å². The van der Waals surface area contributed by atoms with Crippen LogP contribution in [0, 0.1) is 17.6 Å². The molecule has 2 heterocycles. The van der Waals surface area contributed by atoms with Crippen molar-refractivity contribution in [2.75, 3.05) is 30.8 Å². The van der Waals surface area contributed by atoms with Crippen LogP contribution in [-0.2, 0) is 11.3 Å². The van der Waals surface area contributed by atoms with Crippen molar-refractivity contribution < 1.29 is 18.4 Å². The van der Waals surface area contributed by atoms with Gasteiger partial charge in [-0.1, -0.05) is 30.3 Å². The maximum Gasteiger partial charge on any atom is 0.330 e. The zero-order chi connectivity index (χ0) is 26.0. The molecule has 1 fully saturated rings. The average Bonchev–Trinajstić information content (AvgIpc) is 2.86. The second-order valence-electron chi connectivity index (χ2n) is 8.65. The summed E-state index contributed by atoms with van der Waals surface area (Å²) < 4.78 is 28.4. The number of carbonyl (C=O) groups is 2. The Hall–Kier alpha value is -4.28. The molecule has 3 N–H and O–H groups in total. The molecule has 188 valence electrons. The molecule has 36 heavy (non-hydrogen) atoms. The summed E-state index contributed by atoms with van der Waals surface area (Å²) >= 11 is 0. The number of aromatic nitrogens is 2. The SMILES string of the molecule is CN(C(=O)C1CCN(C(=O)c2ccc(F)cc2F)CC1)c1c(N)n(Cc2ccccc2)c(=O)[nH]c1=O. The molecule has 1 saturated heterocycles. The average molecular weight is 498 g/mol. The van der Waals surface area contributed by atoms with Crippen molar-refractivity contribution >= 4 is 23.3 Å². The standard InChI is InChI=1S/C25H25F2N5O4/c1-30(20-21(28)32(25(36)29-22(20)33)14-15-5-3-2-4-6-15)23(34)16-9-11-31(12-10-16)24(35)18-8-7-17(26)13-19(18)27/h2-8,13,16H,9-12,14,28H2,1H3,(H,29,33,36). The molecule has 4 rings (SSSR count). The number of nitrogens with two attached hydrogens (primary N) is 1. The number of benzene rings is 2. The minimum Gasteiger partial charge on any atom is -0.383 e. The molecular weight excluding hydrogens is 472 g/mol. The lowest BCUT2D eigenvalue weighted by atomic mass is 9.94. The number of rotatable bonds is 5. The molecule has 2 amide bonds. The highest BCUT2D eigenvalue weighted by Gasteiger charge is 2.32. The van der Waals surface area contributed by atoms with Crippen molar-refractivity contribution in [2.45, 2.75) is 19.4 Å². The largest absolute Gasteiger partial charge is 0.383 e. The summed E-state index contributed by atoms with van der Waals surface area (Å²) in [6.07, 6.45) is 0.554. The molecule has 0 saturated carbocycles. The molecule has 11 heteroatoms. The molecule has 0 atom stereocenters. The Bertz CT molecular complexity index is 1410. The number of nitrogen functional groups attached to an aromatic ring is 1. The summed E-state index contributed by atoms with van der Waals surface area (Å²) in [5.74, 6) is -3.36. The third-order valence-corrected chi connectivity index (χ3v) is 6.36. The Balaban J connectivity index is 1.49. The molecule has 1 aliphatic heterocycles. The van der Waals surface area contributed by atoms with Gasteiger partial charge < -0.3 is 15.5 Å². The molecule has 9 nitrogen and oxygen atoms in total. The zero-order valence-electron chi connectivity index (χ0n) is 19.5. The monoisotopic (exact) mass is 497 g/mol. The van der Waals surface area contributed by atoms with E-state index in [9.17, 15) is 28.0 Å². The minimum absolute atomic E-state index is 0.109. The lowest BCUT2D eigenvalue weighted by molar-refractivity contribution is -0.123. The van der Waals surface area contributed by atoms with E-state index in [1.807, 2.05) is 6.07 Å². The van der Waals surface area contributed by atoms with E-state index in [4.69, 9.17) is 5.73 Å². The molecule has 0 bridgehead atoms. The first-order valence-corrected chi connectivity index (χ1v) is 11.4. The van der Waals surface area contributed by atoms with E-state index >= 15 is 0 Å². The quantitative estimate of drug-likeness (QED) is 0.558. The van der Waals surface area contributed by atoms with Crippen LogP contribution in [-0.4, -0.2) is 46.4 Å². The number of carbonyl (C=O) groups excluding carboxylic acids is 2. The first-order chi connectivity index (χ1) is 17.2. The van der Waals surface area contributed by atoms with Crippen LogP contribution in [0.2, 0.25) is 0 Å². The smallest absolute Gasteiger partial charge is 0.330 e. The molecule has 0 aliphatic carbocycles. The van der Waals surface area contributed by atoms with Crippen molar-refractivity contribution in [1.29, 1.82) is 0 Å². The third kappa shape index (κ3) is 4.90. The predicted octanol–water partition coefficient (Wildman–Crippen LogP) is 1.96. The van der Waals surface area contributed by atoms with E-state index in [1.165, 1.54) is 16.5 Å². The molecule has 1 aliphatic rings. The van der Waals surface area contributed by atoms with Gasteiger partial charge in [0.1, 0.15) is 17.5 Å². The summed E-state index contributed by atoms with van der Waals surface area (Å²) in [5, 5.41) is 0. The van der Waals surface area contributed by atoms with Crippen molar-refractivity contribution in [3.8, 4) is 0 Å². The van der Waals surface area contributed by atoms with Crippen molar-refractivity contribution in [1.82, 2.24) is 14.5 Å². The van der Waals surface area contributed by atoms with Gasteiger partial charge in [0.15, 0.2) is 5.69 Å². The van der Waals surface area contributed by atoms with Gasteiger partial charge in [0.2, 0.25) is 5.91 Å². The number of piperidine rings is 1. The number of amides is 2. The zero-order valence-corrected chi connectivity index (χ0v) is 19.5. The van der Waals surface area contributed by atoms with Gasteiger partial charge in [-0.3, -0.25) is 23.9 Å².